The van der Waals surface area contributed by atoms with Crippen LogP contribution in [0.15, 0.2) is 16.9 Å². The van der Waals surface area contributed by atoms with Crippen LogP contribution < -0.4 is 16.2 Å². The van der Waals surface area contributed by atoms with Gasteiger partial charge in [0.05, 0.1) is 29.7 Å². The third-order valence-electron chi connectivity index (χ3n) is 2.07. The van der Waals surface area contributed by atoms with Gasteiger partial charge >= 0.3 is 0 Å². The molecule has 18 heavy (non-hydrogen) atoms. The summed E-state index contributed by atoms with van der Waals surface area (Å²) in [5.41, 5.74) is 10.9. The second-order valence-electron chi connectivity index (χ2n) is 3.27. The Balaban J connectivity index is 2.49. The van der Waals surface area contributed by atoms with Crippen LogP contribution in [0.3, 0.4) is 0 Å². The highest BCUT2D eigenvalue weighted by Crippen LogP contribution is 2.22. The lowest BCUT2D eigenvalue weighted by molar-refractivity contribution is 0.0996. The summed E-state index contributed by atoms with van der Waals surface area (Å²) in [4.78, 5) is 19.2. The van der Waals surface area contributed by atoms with Gasteiger partial charge < -0.3 is 16.2 Å². The van der Waals surface area contributed by atoms with Gasteiger partial charge in [-0.05, 0) is 15.9 Å². The topological polar surface area (TPSA) is 122 Å². The normalized spacial score (nSPS) is 10.3. The van der Waals surface area contributed by atoms with Crippen molar-refractivity contribution in [3.8, 4) is 11.8 Å². The molecule has 1 amide bonds. The molecule has 0 atom stereocenters. The standard InChI is InChI=1S/C9H9BrN6O2/c1-18-8-4(10)2-13-9(14-8)16-3-5(11)6(15-16)7(12)17/h2-3H,11H2,1H3,(H2,12,17). The first kappa shape index (κ1) is 12.3. The van der Waals surface area contributed by atoms with Crippen molar-refractivity contribution in [1.29, 1.82) is 0 Å². The number of rotatable bonds is 3. The fourth-order valence-corrected chi connectivity index (χ4v) is 1.63. The molecule has 2 aromatic heterocycles. The summed E-state index contributed by atoms with van der Waals surface area (Å²) in [6.07, 6.45) is 2.91. The van der Waals surface area contributed by atoms with Crippen molar-refractivity contribution in [1.82, 2.24) is 19.7 Å². The Bertz CT molecular complexity index is 611. The summed E-state index contributed by atoms with van der Waals surface area (Å²) in [6.45, 7) is 0. The van der Waals surface area contributed by atoms with E-state index in [0.717, 1.165) is 0 Å². The molecule has 9 heteroatoms. The van der Waals surface area contributed by atoms with E-state index in [0.29, 0.717) is 10.4 Å². The zero-order valence-corrected chi connectivity index (χ0v) is 10.9. The van der Waals surface area contributed by atoms with E-state index >= 15 is 0 Å². The Morgan fingerprint density at radius 2 is 2.28 bits per heavy atom. The van der Waals surface area contributed by atoms with Gasteiger partial charge in [-0.2, -0.15) is 10.1 Å². The highest BCUT2D eigenvalue weighted by atomic mass is 79.9. The maximum Gasteiger partial charge on any atom is 0.271 e. The SMILES string of the molecule is COc1nc(-n2cc(N)c(C(N)=O)n2)ncc1Br. The Morgan fingerprint density at radius 3 is 2.83 bits per heavy atom. The number of hydrogen-bond acceptors (Lipinski definition) is 6. The van der Waals surface area contributed by atoms with Gasteiger partial charge in [-0.15, -0.1) is 0 Å². The molecule has 0 bridgehead atoms. The smallest absolute Gasteiger partial charge is 0.271 e. The van der Waals surface area contributed by atoms with E-state index in [9.17, 15) is 4.79 Å². The van der Waals surface area contributed by atoms with Crippen LogP contribution in [0.4, 0.5) is 5.69 Å². The number of methoxy groups -OCH3 is 1. The highest BCUT2D eigenvalue weighted by molar-refractivity contribution is 9.10. The quantitative estimate of drug-likeness (QED) is 0.829. The number of carbonyl (C=O) groups is 1. The number of primary amides is 1. The Kier molecular flexibility index (Phi) is 3.15. The third kappa shape index (κ3) is 2.12. The molecule has 0 radical (unpaired) electrons. The number of nitrogen functional groups attached to an aromatic ring is 1. The number of ether oxygens (including phenoxy) is 1. The van der Waals surface area contributed by atoms with Crippen molar-refractivity contribution >= 4 is 27.5 Å². The van der Waals surface area contributed by atoms with E-state index in [1.54, 1.807) is 0 Å². The number of anilines is 1. The molecule has 94 valence electrons. The zero-order valence-electron chi connectivity index (χ0n) is 9.29. The molecule has 4 N–H and O–H groups in total. The molecule has 0 saturated heterocycles. The summed E-state index contributed by atoms with van der Waals surface area (Å²) in [5.74, 6) is -0.153. The molecule has 0 aliphatic heterocycles. The summed E-state index contributed by atoms with van der Waals surface area (Å²) in [5, 5.41) is 3.91. The molecule has 0 aliphatic rings. The van der Waals surface area contributed by atoms with Gasteiger partial charge in [-0.3, -0.25) is 4.79 Å². The first-order valence-electron chi connectivity index (χ1n) is 4.74. The van der Waals surface area contributed by atoms with E-state index in [4.69, 9.17) is 16.2 Å². The highest BCUT2D eigenvalue weighted by Gasteiger charge is 2.14. The van der Waals surface area contributed by atoms with E-state index < -0.39 is 5.91 Å². The van der Waals surface area contributed by atoms with Gasteiger partial charge in [0.15, 0.2) is 5.69 Å². The monoisotopic (exact) mass is 312 g/mol. The third-order valence-corrected chi connectivity index (χ3v) is 2.62. The van der Waals surface area contributed by atoms with Crippen LogP contribution in [0.2, 0.25) is 0 Å². The second-order valence-corrected chi connectivity index (χ2v) is 4.12. The lowest BCUT2D eigenvalue weighted by atomic mass is 10.4. The number of hydrogen-bond donors (Lipinski definition) is 2. The summed E-state index contributed by atoms with van der Waals surface area (Å²) >= 11 is 3.23. The summed E-state index contributed by atoms with van der Waals surface area (Å²) in [6, 6.07) is 0. The minimum Gasteiger partial charge on any atom is -0.480 e. The average Bonchev–Trinajstić information content (AvgIpc) is 2.72. The lowest BCUT2D eigenvalue weighted by Gasteiger charge is -2.03. The largest absolute Gasteiger partial charge is 0.480 e. The fraction of sp³-hybridized carbons (Fsp3) is 0.111. The van der Waals surface area contributed by atoms with Crippen LogP contribution in [-0.4, -0.2) is 32.8 Å². The molecular weight excluding hydrogens is 304 g/mol. The molecule has 2 rings (SSSR count). The molecule has 0 spiro atoms. The van der Waals surface area contributed by atoms with E-state index in [1.807, 2.05) is 0 Å². The van der Waals surface area contributed by atoms with Crippen molar-refractivity contribution < 1.29 is 9.53 Å². The van der Waals surface area contributed by atoms with Crippen molar-refractivity contribution in [3.05, 3.63) is 22.6 Å². The number of amides is 1. The van der Waals surface area contributed by atoms with E-state index in [1.165, 1.54) is 24.2 Å². The van der Waals surface area contributed by atoms with E-state index in [2.05, 4.69) is 31.0 Å². The Hall–Kier alpha value is -2.16. The molecule has 2 aromatic rings. The van der Waals surface area contributed by atoms with Gasteiger partial charge in [0.1, 0.15) is 0 Å². The molecule has 8 nitrogen and oxygen atoms in total. The average molecular weight is 313 g/mol. The van der Waals surface area contributed by atoms with Gasteiger partial charge in [0, 0.05) is 0 Å². The Morgan fingerprint density at radius 1 is 1.56 bits per heavy atom. The van der Waals surface area contributed by atoms with Crippen LogP contribution in [0.1, 0.15) is 10.5 Å². The first-order valence-corrected chi connectivity index (χ1v) is 5.54. The lowest BCUT2D eigenvalue weighted by Crippen LogP contribution is -2.14. The van der Waals surface area contributed by atoms with Gasteiger partial charge in [-0.1, -0.05) is 0 Å². The number of aromatic nitrogens is 4. The van der Waals surface area contributed by atoms with Crippen molar-refractivity contribution in [2.24, 2.45) is 5.73 Å². The maximum atomic E-state index is 11.0. The van der Waals surface area contributed by atoms with E-state index in [-0.39, 0.29) is 17.3 Å². The number of halogens is 1. The van der Waals surface area contributed by atoms with Gasteiger partial charge in [-0.25, -0.2) is 9.67 Å². The molecule has 0 unspecified atom stereocenters. The molecular formula is C9H9BrN6O2. The van der Waals surface area contributed by atoms with Gasteiger partial charge in [0.25, 0.3) is 11.9 Å². The number of nitrogens with two attached hydrogens (primary N) is 2. The minimum absolute atomic E-state index is 0.0273. The first-order chi connectivity index (χ1) is 8.52. The van der Waals surface area contributed by atoms with Crippen LogP contribution in [0, 0.1) is 0 Å². The number of nitrogens with zero attached hydrogens (tertiary/aromatic N) is 4. The second kappa shape index (κ2) is 4.61. The molecule has 0 aliphatic carbocycles. The van der Waals surface area contributed by atoms with Crippen LogP contribution in [-0.2, 0) is 0 Å². The minimum atomic E-state index is -0.713. The predicted octanol–water partition coefficient (Wildman–Crippen LogP) is 0.115. The van der Waals surface area contributed by atoms with Crippen molar-refractivity contribution in [2.75, 3.05) is 12.8 Å². The molecule has 0 aromatic carbocycles. The molecule has 0 fully saturated rings. The van der Waals surface area contributed by atoms with Crippen molar-refractivity contribution in [2.45, 2.75) is 0 Å². The predicted molar refractivity (Wildman–Crippen MR) is 66.3 cm³/mol. The Labute approximate surface area is 110 Å². The van der Waals surface area contributed by atoms with Crippen LogP contribution >= 0.6 is 15.9 Å². The summed E-state index contributed by atoms with van der Waals surface area (Å²) in [7, 11) is 1.48. The van der Waals surface area contributed by atoms with Crippen LogP contribution in [0.5, 0.6) is 5.88 Å². The fourth-order valence-electron chi connectivity index (χ4n) is 1.28. The number of carbonyl (C=O) groups excluding carboxylic acids is 1. The van der Waals surface area contributed by atoms with Gasteiger partial charge in [0.2, 0.25) is 5.88 Å². The molecule has 0 saturated carbocycles. The molecule has 2 heterocycles. The van der Waals surface area contributed by atoms with Crippen LogP contribution in [0.25, 0.3) is 5.95 Å². The summed E-state index contributed by atoms with van der Waals surface area (Å²) < 4.78 is 6.88. The van der Waals surface area contributed by atoms with Crippen molar-refractivity contribution in [3.63, 3.8) is 0 Å². The zero-order chi connectivity index (χ0) is 13.3. The maximum absolute atomic E-state index is 11.0.